The molecule has 2 aliphatic rings. The van der Waals surface area contributed by atoms with Crippen molar-refractivity contribution in [1.29, 1.82) is 0 Å². The van der Waals surface area contributed by atoms with Gasteiger partial charge in [0, 0.05) is 43.1 Å². The van der Waals surface area contributed by atoms with Crippen molar-refractivity contribution in [3.05, 3.63) is 0 Å². The third-order valence-electron chi connectivity index (χ3n) is 3.54. The van der Waals surface area contributed by atoms with Crippen LogP contribution >= 0.6 is 11.8 Å². The molecule has 0 spiro atoms. The second kappa shape index (κ2) is 5.92. The Balaban J connectivity index is 1.81. The van der Waals surface area contributed by atoms with Gasteiger partial charge in [0.05, 0.1) is 0 Å². The van der Waals surface area contributed by atoms with E-state index in [1.807, 2.05) is 11.8 Å². The quantitative estimate of drug-likeness (QED) is 0.796. The largest absolute Gasteiger partial charge is 0.340 e. The van der Waals surface area contributed by atoms with Gasteiger partial charge in [0.2, 0.25) is 5.91 Å². The van der Waals surface area contributed by atoms with E-state index in [-0.39, 0.29) is 0 Å². The van der Waals surface area contributed by atoms with Crippen LogP contribution < -0.4 is 5.32 Å². The monoisotopic (exact) mass is 242 g/mol. The number of thioether (sulfide) groups is 1. The zero-order valence-corrected chi connectivity index (χ0v) is 10.9. The summed E-state index contributed by atoms with van der Waals surface area (Å²) >= 11 is 1.96. The lowest BCUT2D eigenvalue weighted by molar-refractivity contribution is -0.134. The van der Waals surface area contributed by atoms with E-state index in [1.54, 1.807) is 0 Å². The van der Waals surface area contributed by atoms with Gasteiger partial charge in [-0.1, -0.05) is 0 Å². The summed E-state index contributed by atoms with van der Waals surface area (Å²) in [5, 5.41) is 3.44. The van der Waals surface area contributed by atoms with E-state index in [1.165, 1.54) is 25.0 Å². The van der Waals surface area contributed by atoms with Crippen molar-refractivity contribution in [3.63, 3.8) is 0 Å². The van der Waals surface area contributed by atoms with Crippen LogP contribution in [0.1, 0.15) is 32.6 Å². The Morgan fingerprint density at radius 1 is 1.50 bits per heavy atom. The molecule has 2 atom stereocenters. The first kappa shape index (κ1) is 12.2. The highest BCUT2D eigenvalue weighted by atomic mass is 32.2. The summed E-state index contributed by atoms with van der Waals surface area (Å²) in [5.41, 5.74) is 0. The summed E-state index contributed by atoms with van der Waals surface area (Å²) in [5.74, 6) is 2.63. The van der Waals surface area contributed by atoms with Crippen LogP contribution in [0.25, 0.3) is 0 Å². The van der Waals surface area contributed by atoms with Gasteiger partial charge in [0.25, 0.3) is 0 Å². The average Bonchev–Trinajstić information content (AvgIpc) is 2.31. The molecule has 0 aromatic rings. The Morgan fingerprint density at radius 2 is 2.38 bits per heavy atom. The molecule has 1 N–H and O–H groups in total. The Morgan fingerprint density at radius 3 is 3.06 bits per heavy atom. The Hall–Kier alpha value is -0.220. The molecule has 2 unspecified atom stereocenters. The maximum Gasteiger partial charge on any atom is 0.224 e. The van der Waals surface area contributed by atoms with Crippen molar-refractivity contribution in [2.45, 2.75) is 44.7 Å². The topological polar surface area (TPSA) is 32.3 Å². The summed E-state index contributed by atoms with van der Waals surface area (Å²) < 4.78 is 0. The van der Waals surface area contributed by atoms with Gasteiger partial charge in [-0.15, -0.1) is 0 Å². The first-order valence-electron chi connectivity index (χ1n) is 6.38. The normalized spacial score (nSPS) is 31.4. The smallest absolute Gasteiger partial charge is 0.224 e. The second-order valence-corrected chi connectivity index (χ2v) is 6.01. The highest BCUT2D eigenvalue weighted by molar-refractivity contribution is 7.99. The summed E-state index contributed by atoms with van der Waals surface area (Å²) in [7, 11) is 0. The first-order chi connectivity index (χ1) is 7.77. The van der Waals surface area contributed by atoms with Crippen LogP contribution in [-0.2, 0) is 4.79 Å². The average molecular weight is 242 g/mol. The van der Waals surface area contributed by atoms with Crippen molar-refractivity contribution >= 4 is 17.7 Å². The molecule has 2 rings (SSSR count). The van der Waals surface area contributed by atoms with Gasteiger partial charge in [0.15, 0.2) is 0 Å². The number of rotatable bonds is 2. The molecule has 16 heavy (non-hydrogen) atoms. The van der Waals surface area contributed by atoms with Gasteiger partial charge < -0.3 is 10.2 Å². The van der Waals surface area contributed by atoms with Crippen LogP contribution in [0.15, 0.2) is 0 Å². The highest BCUT2D eigenvalue weighted by Crippen LogP contribution is 2.19. The standard InChI is InChI=1S/C12H22N2OS/c1-10-4-2-3-6-14(10)12(15)8-11-9-16-7-5-13-11/h10-11,13H,2-9H2,1H3. The maximum atomic E-state index is 12.2. The zero-order valence-electron chi connectivity index (χ0n) is 10.1. The van der Waals surface area contributed by atoms with E-state index < -0.39 is 0 Å². The van der Waals surface area contributed by atoms with Gasteiger partial charge >= 0.3 is 0 Å². The van der Waals surface area contributed by atoms with Crippen LogP contribution in [-0.4, -0.2) is 47.5 Å². The maximum absolute atomic E-state index is 12.2. The van der Waals surface area contributed by atoms with E-state index in [4.69, 9.17) is 0 Å². The molecule has 0 saturated carbocycles. The fourth-order valence-electron chi connectivity index (χ4n) is 2.55. The molecule has 4 heteroatoms. The Kier molecular flexibility index (Phi) is 4.53. The molecule has 1 amide bonds. The predicted molar refractivity (Wildman–Crippen MR) is 68.8 cm³/mol. The van der Waals surface area contributed by atoms with Crippen molar-refractivity contribution in [1.82, 2.24) is 10.2 Å². The summed E-state index contributed by atoms with van der Waals surface area (Å²) in [6.45, 7) is 4.21. The van der Waals surface area contributed by atoms with E-state index in [0.29, 0.717) is 24.4 Å². The van der Waals surface area contributed by atoms with Crippen LogP contribution in [0.4, 0.5) is 0 Å². The van der Waals surface area contributed by atoms with E-state index >= 15 is 0 Å². The molecule has 2 saturated heterocycles. The molecule has 0 radical (unpaired) electrons. The van der Waals surface area contributed by atoms with E-state index in [9.17, 15) is 4.79 Å². The van der Waals surface area contributed by atoms with Gasteiger partial charge in [-0.3, -0.25) is 4.79 Å². The minimum absolute atomic E-state index is 0.354. The fraction of sp³-hybridized carbons (Fsp3) is 0.917. The molecule has 2 aliphatic heterocycles. The number of likely N-dealkylation sites (tertiary alicyclic amines) is 1. The molecular formula is C12H22N2OS. The Labute approximate surface area is 102 Å². The molecule has 0 aliphatic carbocycles. The number of nitrogens with one attached hydrogen (secondary N) is 1. The third-order valence-corrected chi connectivity index (χ3v) is 4.67. The first-order valence-corrected chi connectivity index (χ1v) is 7.53. The second-order valence-electron chi connectivity index (χ2n) is 4.86. The summed E-state index contributed by atoms with van der Waals surface area (Å²) in [6, 6.07) is 0.859. The molecule has 3 nitrogen and oxygen atoms in total. The Bertz CT molecular complexity index is 241. The van der Waals surface area contributed by atoms with E-state index in [2.05, 4.69) is 17.1 Å². The minimum atomic E-state index is 0.354. The molecular weight excluding hydrogens is 220 g/mol. The number of amides is 1. The fourth-order valence-corrected chi connectivity index (χ4v) is 3.50. The summed E-state index contributed by atoms with van der Waals surface area (Å²) in [6.07, 6.45) is 4.33. The van der Waals surface area contributed by atoms with Gasteiger partial charge in [-0.25, -0.2) is 0 Å². The third kappa shape index (κ3) is 3.14. The minimum Gasteiger partial charge on any atom is -0.340 e. The van der Waals surface area contributed by atoms with Crippen molar-refractivity contribution < 1.29 is 4.79 Å². The predicted octanol–water partition coefficient (Wildman–Crippen LogP) is 1.48. The van der Waals surface area contributed by atoms with Crippen molar-refractivity contribution in [2.75, 3.05) is 24.6 Å². The van der Waals surface area contributed by atoms with Crippen LogP contribution in [0.3, 0.4) is 0 Å². The molecule has 2 fully saturated rings. The van der Waals surface area contributed by atoms with Crippen LogP contribution in [0.2, 0.25) is 0 Å². The van der Waals surface area contributed by atoms with Gasteiger partial charge in [0.1, 0.15) is 0 Å². The van der Waals surface area contributed by atoms with Crippen molar-refractivity contribution in [3.8, 4) is 0 Å². The lowest BCUT2D eigenvalue weighted by Crippen LogP contribution is -2.46. The number of hydrogen-bond donors (Lipinski definition) is 1. The number of carbonyl (C=O) groups excluding carboxylic acids is 1. The molecule has 2 heterocycles. The lowest BCUT2D eigenvalue weighted by atomic mass is 10.0. The SMILES string of the molecule is CC1CCCCN1C(=O)CC1CSCCN1. The lowest BCUT2D eigenvalue weighted by Gasteiger charge is -2.35. The van der Waals surface area contributed by atoms with E-state index in [0.717, 1.165) is 18.8 Å². The van der Waals surface area contributed by atoms with Crippen LogP contribution in [0, 0.1) is 0 Å². The zero-order chi connectivity index (χ0) is 11.4. The molecule has 92 valence electrons. The van der Waals surface area contributed by atoms with Crippen molar-refractivity contribution in [2.24, 2.45) is 0 Å². The van der Waals surface area contributed by atoms with Gasteiger partial charge in [-0.2, -0.15) is 11.8 Å². The number of piperidine rings is 1. The summed E-state index contributed by atoms with van der Waals surface area (Å²) in [4.78, 5) is 14.2. The number of hydrogen-bond acceptors (Lipinski definition) is 3. The molecule has 0 bridgehead atoms. The molecule has 0 aromatic heterocycles. The number of carbonyl (C=O) groups is 1. The molecule has 0 aromatic carbocycles. The number of nitrogens with zero attached hydrogens (tertiary/aromatic N) is 1. The van der Waals surface area contributed by atoms with Crippen LogP contribution in [0.5, 0.6) is 0 Å². The highest BCUT2D eigenvalue weighted by Gasteiger charge is 2.25. The van der Waals surface area contributed by atoms with Gasteiger partial charge in [-0.05, 0) is 26.2 Å².